The summed E-state index contributed by atoms with van der Waals surface area (Å²) in [7, 11) is -4.23. The minimum atomic E-state index is -4.23. The minimum absolute atomic E-state index is 0.00561. The molecule has 0 aliphatic heterocycles. The number of carbonyl (C=O) groups is 2. The SMILES string of the molecule is CCCCNC(=O)C(CC)N(Cc1cccc(C)c1)C(=O)CN(c1cccc(Cl)c1Cl)S(=O)(=O)c1ccccc1. The lowest BCUT2D eigenvalue weighted by Crippen LogP contribution is -2.52. The van der Waals surface area contributed by atoms with E-state index in [9.17, 15) is 18.0 Å². The van der Waals surface area contributed by atoms with Crippen LogP contribution in [0.15, 0.2) is 77.7 Å². The zero-order valence-corrected chi connectivity index (χ0v) is 25.3. The molecule has 0 saturated heterocycles. The molecule has 10 heteroatoms. The summed E-state index contributed by atoms with van der Waals surface area (Å²) in [6.07, 6.45) is 2.07. The topological polar surface area (TPSA) is 86.8 Å². The third kappa shape index (κ3) is 7.77. The van der Waals surface area contributed by atoms with Crippen molar-refractivity contribution in [2.75, 3.05) is 17.4 Å². The average Bonchev–Trinajstić information content (AvgIpc) is 2.94. The van der Waals surface area contributed by atoms with Crippen molar-refractivity contribution in [1.82, 2.24) is 10.2 Å². The Labute approximate surface area is 247 Å². The average molecular weight is 605 g/mol. The van der Waals surface area contributed by atoms with E-state index in [1.165, 1.54) is 23.1 Å². The summed E-state index contributed by atoms with van der Waals surface area (Å²) in [5.74, 6) is -0.829. The second-order valence-electron chi connectivity index (χ2n) is 9.48. The van der Waals surface area contributed by atoms with Crippen LogP contribution >= 0.6 is 23.2 Å². The van der Waals surface area contributed by atoms with Gasteiger partial charge in [0.1, 0.15) is 12.6 Å². The third-order valence-corrected chi connectivity index (χ3v) is 9.04. The van der Waals surface area contributed by atoms with Gasteiger partial charge in [0.15, 0.2) is 0 Å². The number of unbranched alkanes of at least 4 members (excludes halogenated alkanes) is 1. The normalized spacial score (nSPS) is 12.0. The van der Waals surface area contributed by atoms with Gasteiger partial charge >= 0.3 is 0 Å². The van der Waals surface area contributed by atoms with E-state index in [-0.39, 0.29) is 33.1 Å². The number of benzene rings is 3. The predicted molar refractivity (Wildman–Crippen MR) is 161 cm³/mol. The number of aryl methyl sites for hydroxylation is 1. The van der Waals surface area contributed by atoms with Gasteiger partial charge in [-0.1, -0.05) is 97.6 Å². The Hall–Kier alpha value is -3.07. The van der Waals surface area contributed by atoms with Crippen LogP contribution in [0.5, 0.6) is 0 Å². The van der Waals surface area contributed by atoms with Crippen LogP contribution in [-0.2, 0) is 26.2 Å². The van der Waals surface area contributed by atoms with Crippen LogP contribution in [0.1, 0.15) is 44.2 Å². The smallest absolute Gasteiger partial charge is 0.264 e. The number of nitrogens with one attached hydrogen (secondary N) is 1. The second-order valence-corrected chi connectivity index (χ2v) is 12.1. The zero-order chi connectivity index (χ0) is 29.3. The number of amides is 2. The van der Waals surface area contributed by atoms with Crippen LogP contribution in [0, 0.1) is 6.92 Å². The molecule has 7 nitrogen and oxygen atoms in total. The van der Waals surface area contributed by atoms with Gasteiger partial charge in [-0.25, -0.2) is 8.42 Å². The first-order valence-corrected chi connectivity index (χ1v) is 15.4. The molecule has 0 heterocycles. The molecule has 40 heavy (non-hydrogen) atoms. The molecule has 0 aliphatic rings. The molecule has 3 rings (SSSR count). The van der Waals surface area contributed by atoms with Gasteiger partial charge in [0, 0.05) is 13.1 Å². The van der Waals surface area contributed by atoms with E-state index in [0.717, 1.165) is 28.3 Å². The first kappa shape index (κ1) is 31.5. The van der Waals surface area contributed by atoms with Crippen LogP contribution in [-0.4, -0.2) is 44.3 Å². The van der Waals surface area contributed by atoms with E-state index in [1.807, 2.05) is 45.0 Å². The lowest BCUT2D eigenvalue weighted by molar-refractivity contribution is -0.140. The Morgan fingerprint density at radius 1 is 0.950 bits per heavy atom. The number of hydrogen-bond acceptors (Lipinski definition) is 4. The van der Waals surface area contributed by atoms with Gasteiger partial charge in [-0.2, -0.15) is 0 Å². The summed E-state index contributed by atoms with van der Waals surface area (Å²) >= 11 is 12.7. The summed E-state index contributed by atoms with van der Waals surface area (Å²) in [5, 5.41) is 3.08. The summed E-state index contributed by atoms with van der Waals surface area (Å²) in [4.78, 5) is 28.8. The fourth-order valence-corrected chi connectivity index (χ4v) is 6.25. The van der Waals surface area contributed by atoms with Gasteiger partial charge in [0.05, 0.1) is 20.6 Å². The lowest BCUT2D eigenvalue weighted by atomic mass is 10.1. The number of anilines is 1. The largest absolute Gasteiger partial charge is 0.354 e. The van der Waals surface area contributed by atoms with Crippen LogP contribution in [0.4, 0.5) is 5.69 Å². The van der Waals surface area contributed by atoms with Crippen LogP contribution in [0.25, 0.3) is 0 Å². The highest BCUT2D eigenvalue weighted by Gasteiger charge is 2.34. The Balaban J connectivity index is 2.07. The number of sulfonamides is 1. The molecule has 214 valence electrons. The van der Waals surface area contributed by atoms with Gasteiger partial charge in [0.25, 0.3) is 10.0 Å². The quantitative estimate of drug-likeness (QED) is 0.235. The second kappa shape index (κ2) is 14.5. The molecule has 3 aromatic carbocycles. The van der Waals surface area contributed by atoms with Crippen molar-refractivity contribution >= 4 is 50.7 Å². The summed E-state index contributed by atoms with van der Waals surface area (Å²) in [6, 6.07) is 19.3. The van der Waals surface area contributed by atoms with E-state index >= 15 is 0 Å². The van der Waals surface area contributed by atoms with Crippen molar-refractivity contribution in [2.45, 2.75) is 57.5 Å². The highest BCUT2D eigenvalue weighted by atomic mass is 35.5. The maximum Gasteiger partial charge on any atom is 0.264 e. The molecule has 1 unspecified atom stereocenters. The predicted octanol–water partition coefficient (Wildman–Crippen LogP) is 6.22. The molecule has 0 spiro atoms. The van der Waals surface area contributed by atoms with Crippen LogP contribution in [0.3, 0.4) is 0 Å². The molecule has 0 saturated carbocycles. The lowest BCUT2D eigenvalue weighted by Gasteiger charge is -2.33. The van der Waals surface area contributed by atoms with Gasteiger partial charge in [-0.15, -0.1) is 0 Å². The van der Waals surface area contributed by atoms with Crippen molar-refractivity contribution in [3.05, 3.63) is 94.0 Å². The molecule has 0 bridgehead atoms. The van der Waals surface area contributed by atoms with Gasteiger partial charge in [-0.3, -0.25) is 13.9 Å². The van der Waals surface area contributed by atoms with Crippen molar-refractivity contribution in [2.24, 2.45) is 0 Å². The minimum Gasteiger partial charge on any atom is -0.354 e. The number of halogens is 2. The van der Waals surface area contributed by atoms with Crippen LogP contribution < -0.4 is 9.62 Å². The van der Waals surface area contributed by atoms with E-state index in [4.69, 9.17) is 23.2 Å². The summed E-state index contributed by atoms with van der Waals surface area (Å²) in [6.45, 7) is 5.84. The first-order chi connectivity index (χ1) is 19.1. The monoisotopic (exact) mass is 603 g/mol. The molecular weight excluding hydrogens is 569 g/mol. The fraction of sp³-hybridized carbons (Fsp3) is 0.333. The number of nitrogens with zero attached hydrogens (tertiary/aromatic N) is 2. The molecule has 3 aromatic rings. The van der Waals surface area contributed by atoms with Gasteiger partial charge < -0.3 is 10.2 Å². The van der Waals surface area contributed by atoms with E-state index in [1.54, 1.807) is 30.3 Å². The Morgan fingerprint density at radius 3 is 2.30 bits per heavy atom. The fourth-order valence-electron chi connectivity index (χ4n) is 4.35. The number of carbonyl (C=O) groups excluding carboxylic acids is 2. The molecule has 0 fully saturated rings. The van der Waals surface area contributed by atoms with Crippen molar-refractivity contribution < 1.29 is 18.0 Å². The first-order valence-electron chi connectivity index (χ1n) is 13.2. The van der Waals surface area contributed by atoms with Gasteiger partial charge in [-0.05, 0) is 49.6 Å². The summed E-state index contributed by atoms with van der Waals surface area (Å²) < 4.78 is 28.7. The molecule has 0 aromatic heterocycles. The van der Waals surface area contributed by atoms with Gasteiger partial charge in [0.2, 0.25) is 11.8 Å². The zero-order valence-electron chi connectivity index (χ0n) is 22.9. The Kier molecular flexibility index (Phi) is 11.4. The molecular formula is C30H35Cl2N3O4S. The molecule has 1 N–H and O–H groups in total. The molecule has 2 amide bonds. The number of hydrogen-bond donors (Lipinski definition) is 1. The highest BCUT2D eigenvalue weighted by molar-refractivity contribution is 7.92. The van der Waals surface area contributed by atoms with Crippen molar-refractivity contribution in [1.29, 1.82) is 0 Å². The summed E-state index contributed by atoms with van der Waals surface area (Å²) in [5.41, 5.74) is 1.90. The maximum atomic E-state index is 14.1. The molecule has 1 atom stereocenters. The van der Waals surface area contributed by atoms with E-state index in [2.05, 4.69) is 5.32 Å². The standard InChI is InChI=1S/C30H35Cl2N3O4S/c1-4-6-18-33-30(37)26(5-2)34(20-23-13-10-12-22(3)19-23)28(36)21-35(27-17-11-16-25(31)29(27)32)40(38,39)24-14-8-7-9-15-24/h7-17,19,26H,4-6,18,20-21H2,1-3H3,(H,33,37). The molecule has 0 radical (unpaired) electrons. The highest BCUT2D eigenvalue weighted by Crippen LogP contribution is 2.35. The van der Waals surface area contributed by atoms with E-state index in [0.29, 0.717) is 13.0 Å². The van der Waals surface area contributed by atoms with Crippen LogP contribution in [0.2, 0.25) is 10.0 Å². The van der Waals surface area contributed by atoms with Crippen molar-refractivity contribution in [3.63, 3.8) is 0 Å². The van der Waals surface area contributed by atoms with E-state index < -0.39 is 28.5 Å². The Morgan fingerprint density at radius 2 is 1.65 bits per heavy atom. The Bertz CT molecular complexity index is 1420. The maximum absolute atomic E-state index is 14.1. The van der Waals surface area contributed by atoms with Crippen molar-refractivity contribution in [3.8, 4) is 0 Å². The molecule has 0 aliphatic carbocycles. The third-order valence-electron chi connectivity index (χ3n) is 6.46. The number of rotatable bonds is 13.